The van der Waals surface area contributed by atoms with E-state index in [0.29, 0.717) is 17.9 Å². The number of benzene rings is 1. The van der Waals surface area contributed by atoms with Gasteiger partial charge in [0.15, 0.2) is 0 Å². The van der Waals surface area contributed by atoms with E-state index in [1.165, 1.54) is 4.31 Å². The zero-order valence-electron chi connectivity index (χ0n) is 12.4. The Bertz CT molecular complexity index is 663. The van der Waals surface area contributed by atoms with Gasteiger partial charge in [0.1, 0.15) is 0 Å². The number of hydrogen-bond donors (Lipinski definition) is 1. The second-order valence-electron chi connectivity index (χ2n) is 5.06. The molecular formula is C14H18N2O5S. The van der Waals surface area contributed by atoms with Crippen molar-refractivity contribution in [1.29, 1.82) is 0 Å². The summed E-state index contributed by atoms with van der Waals surface area (Å²) in [5, 5.41) is 2.70. The SMILES string of the molecule is CCOC(=O)c1ccc(NC(=O)C2CN(S(C)(=O)=O)C2)cc1. The van der Waals surface area contributed by atoms with Crippen LogP contribution >= 0.6 is 0 Å². The smallest absolute Gasteiger partial charge is 0.338 e. The largest absolute Gasteiger partial charge is 0.462 e. The lowest BCUT2D eigenvalue weighted by atomic mass is 10.0. The zero-order chi connectivity index (χ0) is 16.3. The van der Waals surface area contributed by atoms with Crippen LogP contribution in [0.1, 0.15) is 17.3 Å². The number of rotatable bonds is 5. The maximum absolute atomic E-state index is 12.0. The Kier molecular flexibility index (Phi) is 4.82. The quantitative estimate of drug-likeness (QED) is 0.804. The normalized spacial score (nSPS) is 15.9. The molecule has 0 spiro atoms. The highest BCUT2D eigenvalue weighted by Gasteiger charge is 2.37. The minimum Gasteiger partial charge on any atom is -0.462 e. The second kappa shape index (κ2) is 6.45. The van der Waals surface area contributed by atoms with E-state index >= 15 is 0 Å². The average molecular weight is 326 g/mol. The van der Waals surface area contributed by atoms with Crippen LogP contribution in [0.2, 0.25) is 0 Å². The summed E-state index contributed by atoms with van der Waals surface area (Å²) in [6, 6.07) is 6.35. The molecular weight excluding hydrogens is 308 g/mol. The maximum Gasteiger partial charge on any atom is 0.338 e. The first kappa shape index (κ1) is 16.4. The van der Waals surface area contributed by atoms with E-state index in [0.717, 1.165) is 6.26 Å². The van der Waals surface area contributed by atoms with Crippen molar-refractivity contribution in [2.24, 2.45) is 5.92 Å². The van der Waals surface area contributed by atoms with E-state index in [1.807, 2.05) is 0 Å². The van der Waals surface area contributed by atoms with Crippen LogP contribution in [0.3, 0.4) is 0 Å². The van der Waals surface area contributed by atoms with Crippen molar-refractivity contribution < 1.29 is 22.7 Å². The first-order valence-electron chi connectivity index (χ1n) is 6.84. The van der Waals surface area contributed by atoms with Gasteiger partial charge in [0, 0.05) is 18.8 Å². The third-order valence-electron chi connectivity index (χ3n) is 3.35. The summed E-state index contributed by atoms with van der Waals surface area (Å²) in [5.74, 6) is -0.994. The van der Waals surface area contributed by atoms with Gasteiger partial charge in [-0.15, -0.1) is 0 Å². The van der Waals surface area contributed by atoms with Crippen LogP contribution in [0.15, 0.2) is 24.3 Å². The van der Waals surface area contributed by atoms with Gasteiger partial charge in [-0.3, -0.25) is 4.79 Å². The molecule has 0 unspecified atom stereocenters. The molecule has 2 rings (SSSR count). The Labute approximate surface area is 129 Å². The summed E-state index contributed by atoms with van der Waals surface area (Å²) >= 11 is 0. The van der Waals surface area contributed by atoms with Crippen LogP contribution in [0.5, 0.6) is 0 Å². The predicted molar refractivity (Wildman–Crippen MR) is 80.9 cm³/mol. The molecule has 1 aromatic carbocycles. The van der Waals surface area contributed by atoms with E-state index in [2.05, 4.69) is 5.32 Å². The highest BCUT2D eigenvalue weighted by molar-refractivity contribution is 7.88. The average Bonchev–Trinajstić information content (AvgIpc) is 2.36. The molecule has 1 heterocycles. The molecule has 0 aliphatic carbocycles. The molecule has 7 nitrogen and oxygen atoms in total. The van der Waals surface area contributed by atoms with Gasteiger partial charge in [0.05, 0.1) is 24.3 Å². The van der Waals surface area contributed by atoms with Crippen molar-refractivity contribution >= 4 is 27.6 Å². The van der Waals surface area contributed by atoms with E-state index in [4.69, 9.17) is 4.74 Å². The van der Waals surface area contributed by atoms with Gasteiger partial charge in [0.25, 0.3) is 0 Å². The molecule has 1 aliphatic heterocycles. The lowest BCUT2D eigenvalue weighted by Gasteiger charge is -2.35. The minimum atomic E-state index is -3.22. The first-order chi connectivity index (χ1) is 10.3. The molecule has 22 heavy (non-hydrogen) atoms. The Morgan fingerprint density at radius 3 is 2.36 bits per heavy atom. The van der Waals surface area contributed by atoms with Gasteiger partial charge in [-0.1, -0.05) is 0 Å². The summed E-state index contributed by atoms with van der Waals surface area (Å²) in [4.78, 5) is 23.5. The molecule has 0 saturated carbocycles. The summed E-state index contributed by atoms with van der Waals surface area (Å²) in [5.41, 5.74) is 0.961. The van der Waals surface area contributed by atoms with E-state index < -0.39 is 16.0 Å². The Balaban J connectivity index is 1.89. The summed E-state index contributed by atoms with van der Waals surface area (Å²) in [6.07, 6.45) is 1.12. The zero-order valence-corrected chi connectivity index (χ0v) is 13.2. The Morgan fingerprint density at radius 1 is 1.27 bits per heavy atom. The molecule has 1 fully saturated rings. The number of carbonyl (C=O) groups is 2. The number of sulfonamides is 1. The lowest BCUT2D eigenvalue weighted by molar-refractivity contribution is -0.122. The minimum absolute atomic E-state index is 0.200. The fraction of sp³-hybridized carbons (Fsp3) is 0.429. The number of amides is 1. The van der Waals surface area contributed by atoms with Crippen molar-refractivity contribution in [2.45, 2.75) is 6.92 Å². The molecule has 0 atom stereocenters. The number of ether oxygens (including phenoxy) is 1. The molecule has 0 aromatic heterocycles. The van der Waals surface area contributed by atoms with Crippen molar-refractivity contribution in [3.8, 4) is 0 Å². The van der Waals surface area contributed by atoms with Crippen molar-refractivity contribution in [3.63, 3.8) is 0 Å². The van der Waals surface area contributed by atoms with Crippen molar-refractivity contribution in [3.05, 3.63) is 29.8 Å². The number of carbonyl (C=O) groups excluding carboxylic acids is 2. The van der Waals surface area contributed by atoms with E-state index in [1.54, 1.807) is 31.2 Å². The summed E-state index contributed by atoms with van der Waals surface area (Å²) < 4.78 is 28.6. The van der Waals surface area contributed by atoms with Crippen LogP contribution in [-0.2, 0) is 19.6 Å². The number of hydrogen-bond acceptors (Lipinski definition) is 5. The highest BCUT2D eigenvalue weighted by atomic mass is 32.2. The predicted octanol–water partition coefficient (Wildman–Crippen LogP) is 0.693. The third kappa shape index (κ3) is 3.83. The maximum atomic E-state index is 12.0. The van der Waals surface area contributed by atoms with E-state index in [-0.39, 0.29) is 24.9 Å². The molecule has 1 N–H and O–H groups in total. The standard InChI is InChI=1S/C14H18N2O5S/c1-3-21-14(18)10-4-6-12(7-5-10)15-13(17)11-8-16(9-11)22(2,19)20/h4-7,11H,3,8-9H2,1-2H3,(H,15,17). The van der Waals surface area contributed by atoms with Gasteiger partial charge in [-0.2, -0.15) is 0 Å². The molecule has 1 aromatic rings. The number of nitrogens with zero attached hydrogens (tertiary/aromatic N) is 1. The van der Waals surface area contributed by atoms with Crippen LogP contribution in [0.4, 0.5) is 5.69 Å². The van der Waals surface area contributed by atoms with Gasteiger partial charge in [-0.25, -0.2) is 17.5 Å². The highest BCUT2D eigenvalue weighted by Crippen LogP contribution is 2.20. The number of nitrogens with one attached hydrogen (secondary N) is 1. The van der Waals surface area contributed by atoms with Crippen LogP contribution in [0.25, 0.3) is 0 Å². The third-order valence-corrected chi connectivity index (χ3v) is 4.59. The molecule has 1 aliphatic rings. The first-order valence-corrected chi connectivity index (χ1v) is 8.69. The van der Waals surface area contributed by atoms with Gasteiger partial charge in [-0.05, 0) is 31.2 Å². The topological polar surface area (TPSA) is 92.8 Å². The molecule has 0 bridgehead atoms. The molecule has 8 heteroatoms. The summed E-state index contributed by atoms with van der Waals surface area (Å²) in [7, 11) is -3.22. The number of esters is 1. The monoisotopic (exact) mass is 326 g/mol. The second-order valence-corrected chi connectivity index (χ2v) is 7.05. The molecule has 1 saturated heterocycles. The van der Waals surface area contributed by atoms with Crippen molar-refractivity contribution in [1.82, 2.24) is 4.31 Å². The Morgan fingerprint density at radius 2 is 1.86 bits per heavy atom. The fourth-order valence-corrected chi connectivity index (χ4v) is 2.92. The molecule has 0 radical (unpaired) electrons. The van der Waals surface area contributed by atoms with Crippen LogP contribution < -0.4 is 5.32 Å². The van der Waals surface area contributed by atoms with E-state index in [9.17, 15) is 18.0 Å². The lowest BCUT2D eigenvalue weighted by Crippen LogP contribution is -2.53. The molecule has 120 valence electrons. The molecule has 1 amide bonds. The summed E-state index contributed by atoms with van der Waals surface area (Å²) in [6.45, 7) is 2.43. The van der Waals surface area contributed by atoms with Crippen LogP contribution in [0, 0.1) is 5.92 Å². The van der Waals surface area contributed by atoms with Gasteiger partial charge in [0.2, 0.25) is 15.9 Å². The van der Waals surface area contributed by atoms with Crippen LogP contribution in [-0.4, -0.2) is 50.6 Å². The van der Waals surface area contributed by atoms with Crippen molar-refractivity contribution in [2.75, 3.05) is 31.3 Å². The number of anilines is 1. The Hall–Kier alpha value is -1.93. The van der Waals surface area contributed by atoms with Gasteiger partial charge < -0.3 is 10.1 Å². The fourth-order valence-electron chi connectivity index (χ4n) is 2.02. The van der Waals surface area contributed by atoms with Gasteiger partial charge >= 0.3 is 5.97 Å².